The predicted molar refractivity (Wildman–Crippen MR) is 68.0 cm³/mol. The molecule has 3 unspecified atom stereocenters. The molecule has 0 saturated carbocycles. The zero-order chi connectivity index (χ0) is 11.7. The van der Waals surface area contributed by atoms with Gasteiger partial charge in [0.1, 0.15) is 0 Å². The molecule has 0 radical (unpaired) electrons. The molecule has 1 N–H and O–H groups in total. The highest BCUT2D eigenvalue weighted by Gasteiger charge is 2.30. The SMILES string of the molecule is CCNC1c2cccc(C)c2S(=O)CC1C. The number of aryl methyl sites for hydroxylation is 1. The van der Waals surface area contributed by atoms with Crippen molar-refractivity contribution in [2.75, 3.05) is 12.3 Å². The van der Waals surface area contributed by atoms with E-state index in [2.05, 4.69) is 44.3 Å². The molecule has 2 nitrogen and oxygen atoms in total. The van der Waals surface area contributed by atoms with E-state index in [0.717, 1.165) is 22.8 Å². The Kier molecular flexibility index (Phi) is 3.45. The minimum absolute atomic E-state index is 0.359. The number of hydrogen-bond donors (Lipinski definition) is 1. The molecule has 0 spiro atoms. The number of nitrogens with one attached hydrogen (secondary N) is 1. The van der Waals surface area contributed by atoms with Crippen LogP contribution in [0.3, 0.4) is 0 Å². The van der Waals surface area contributed by atoms with Gasteiger partial charge in [0.2, 0.25) is 0 Å². The summed E-state index contributed by atoms with van der Waals surface area (Å²) in [7, 11) is -0.821. The van der Waals surface area contributed by atoms with E-state index in [1.165, 1.54) is 5.56 Å². The summed E-state index contributed by atoms with van der Waals surface area (Å²) in [6, 6.07) is 6.59. The first-order chi connectivity index (χ1) is 7.65. The summed E-state index contributed by atoms with van der Waals surface area (Å²) in [6.45, 7) is 7.30. The van der Waals surface area contributed by atoms with Crippen LogP contribution in [0.1, 0.15) is 31.0 Å². The second-order valence-corrected chi connectivity index (χ2v) is 5.95. The number of benzene rings is 1. The fourth-order valence-electron chi connectivity index (χ4n) is 2.49. The highest BCUT2D eigenvalue weighted by Crippen LogP contribution is 2.35. The van der Waals surface area contributed by atoms with Crippen LogP contribution in [0.2, 0.25) is 0 Å². The Bertz CT molecular complexity index is 416. The molecule has 0 aliphatic carbocycles. The summed E-state index contributed by atoms with van der Waals surface area (Å²) >= 11 is 0. The first-order valence-electron chi connectivity index (χ1n) is 5.86. The monoisotopic (exact) mass is 237 g/mol. The van der Waals surface area contributed by atoms with Gasteiger partial charge in [-0.15, -0.1) is 0 Å². The lowest BCUT2D eigenvalue weighted by Crippen LogP contribution is -2.34. The normalized spacial score (nSPS) is 28.8. The minimum atomic E-state index is -0.821. The molecule has 0 bridgehead atoms. The third kappa shape index (κ3) is 1.94. The van der Waals surface area contributed by atoms with Crippen molar-refractivity contribution in [1.82, 2.24) is 5.32 Å². The molecule has 1 aliphatic heterocycles. The lowest BCUT2D eigenvalue weighted by Gasteiger charge is -2.32. The first-order valence-corrected chi connectivity index (χ1v) is 7.18. The summed E-state index contributed by atoms with van der Waals surface area (Å²) in [5, 5.41) is 3.50. The second-order valence-electron chi connectivity index (χ2n) is 4.52. The molecule has 1 aromatic carbocycles. The molecular formula is C13H19NOS. The van der Waals surface area contributed by atoms with Gasteiger partial charge in [0, 0.05) is 16.7 Å². The Labute approximate surface area is 99.9 Å². The Balaban J connectivity index is 2.50. The van der Waals surface area contributed by atoms with Crippen molar-refractivity contribution in [3.05, 3.63) is 29.3 Å². The van der Waals surface area contributed by atoms with Crippen molar-refractivity contribution in [2.24, 2.45) is 5.92 Å². The van der Waals surface area contributed by atoms with E-state index >= 15 is 0 Å². The Morgan fingerprint density at radius 3 is 2.94 bits per heavy atom. The van der Waals surface area contributed by atoms with Gasteiger partial charge in [-0.05, 0) is 30.5 Å². The molecule has 88 valence electrons. The maximum Gasteiger partial charge on any atom is 0.0539 e. The van der Waals surface area contributed by atoms with Crippen LogP contribution in [0.5, 0.6) is 0 Å². The van der Waals surface area contributed by atoms with Gasteiger partial charge in [0.25, 0.3) is 0 Å². The minimum Gasteiger partial charge on any atom is -0.310 e. The average Bonchev–Trinajstić information content (AvgIpc) is 2.23. The van der Waals surface area contributed by atoms with E-state index in [-0.39, 0.29) is 0 Å². The van der Waals surface area contributed by atoms with Crippen molar-refractivity contribution >= 4 is 10.8 Å². The molecule has 0 amide bonds. The highest BCUT2D eigenvalue weighted by atomic mass is 32.2. The van der Waals surface area contributed by atoms with Crippen molar-refractivity contribution < 1.29 is 4.21 Å². The summed E-state index contributed by atoms with van der Waals surface area (Å²) in [4.78, 5) is 1.06. The largest absolute Gasteiger partial charge is 0.310 e. The van der Waals surface area contributed by atoms with Gasteiger partial charge < -0.3 is 5.32 Å². The quantitative estimate of drug-likeness (QED) is 0.856. The van der Waals surface area contributed by atoms with Crippen LogP contribution in [-0.2, 0) is 10.8 Å². The van der Waals surface area contributed by atoms with Crippen LogP contribution in [0, 0.1) is 12.8 Å². The standard InChI is InChI=1S/C13H19NOS/c1-4-14-12-10(3)8-16(15)13-9(2)6-5-7-11(12)13/h5-7,10,12,14H,4,8H2,1-3H3. The molecule has 0 aromatic heterocycles. The molecule has 0 fully saturated rings. The van der Waals surface area contributed by atoms with E-state index < -0.39 is 10.8 Å². The number of hydrogen-bond acceptors (Lipinski definition) is 2. The zero-order valence-electron chi connectivity index (χ0n) is 10.1. The molecule has 16 heavy (non-hydrogen) atoms. The lowest BCUT2D eigenvalue weighted by molar-refractivity contribution is 0.410. The van der Waals surface area contributed by atoms with Crippen molar-refractivity contribution in [2.45, 2.75) is 31.7 Å². The number of fused-ring (bicyclic) bond motifs is 1. The van der Waals surface area contributed by atoms with Crippen LogP contribution >= 0.6 is 0 Å². The van der Waals surface area contributed by atoms with Crippen molar-refractivity contribution in [3.63, 3.8) is 0 Å². The predicted octanol–water partition coefficient (Wildman–Crippen LogP) is 2.40. The fourth-order valence-corrected chi connectivity index (χ4v) is 4.21. The Hall–Kier alpha value is -0.670. The Morgan fingerprint density at radius 1 is 1.50 bits per heavy atom. The van der Waals surface area contributed by atoms with Gasteiger partial charge in [-0.2, -0.15) is 0 Å². The van der Waals surface area contributed by atoms with Gasteiger partial charge in [0.15, 0.2) is 0 Å². The van der Waals surface area contributed by atoms with E-state index in [1.807, 2.05) is 0 Å². The molecule has 1 aromatic rings. The van der Waals surface area contributed by atoms with Crippen LogP contribution in [-0.4, -0.2) is 16.5 Å². The molecule has 2 rings (SSSR count). The van der Waals surface area contributed by atoms with Gasteiger partial charge in [0.05, 0.1) is 10.8 Å². The molecule has 0 saturated heterocycles. The third-order valence-electron chi connectivity index (χ3n) is 3.21. The highest BCUT2D eigenvalue weighted by molar-refractivity contribution is 7.85. The maximum absolute atomic E-state index is 12.1. The fraction of sp³-hybridized carbons (Fsp3) is 0.538. The Morgan fingerprint density at radius 2 is 2.25 bits per heavy atom. The first kappa shape index (κ1) is 11.8. The summed E-state index contributed by atoms with van der Waals surface area (Å²) < 4.78 is 12.1. The van der Waals surface area contributed by atoms with Crippen molar-refractivity contribution in [1.29, 1.82) is 0 Å². The topological polar surface area (TPSA) is 29.1 Å². The third-order valence-corrected chi connectivity index (χ3v) is 5.05. The van der Waals surface area contributed by atoms with Crippen molar-refractivity contribution in [3.8, 4) is 0 Å². The van der Waals surface area contributed by atoms with Crippen LogP contribution in [0.4, 0.5) is 0 Å². The van der Waals surface area contributed by atoms with Crippen LogP contribution in [0.15, 0.2) is 23.1 Å². The van der Waals surface area contributed by atoms with E-state index in [0.29, 0.717) is 12.0 Å². The van der Waals surface area contributed by atoms with Crippen LogP contribution < -0.4 is 5.32 Å². The van der Waals surface area contributed by atoms with E-state index in [9.17, 15) is 4.21 Å². The zero-order valence-corrected chi connectivity index (χ0v) is 10.9. The summed E-state index contributed by atoms with van der Waals surface area (Å²) in [5.74, 6) is 1.21. The molecule has 1 aliphatic rings. The van der Waals surface area contributed by atoms with E-state index in [4.69, 9.17) is 0 Å². The van der Waals surface area contributed by atoms with Crippen LogP contribution in [0.25, 0.3) is 0 Å². The smallest absolute Gasteiger partial charge is 0.0539 e. The van der Waals surface area contributed by atoms with E-state index in [1.54, 1.807) is 0 Å². The second kappa shape index (κ2) is 4.68. The molecular weight excluding hydrogens is 218 g/mol. The average molecular weight is 237 g/mol. The lowest BCUT2D eigenvalue weighted by atomic mass is 9.94. The molecule has 3 atom stereocenters. The molecule has 3 heteroatoms. The van der Waals surface area contributed by atoms with Gasteiger partial charge >= 0.3 is 0 Å². The van der Waals surface area contributed by atoms with Gasteiger partial charge in [-0.3, -0.25) is 4.21 Å². The number of rotatable bonds is 2. The summed E-state index contributed by atoms with van der Waals surface area (Å²) in [6.07, 6.45) is 0. The van der Waals surface area contributed by atoms with Gasteiger partial charge in [-0.25, -0.2) is 0 Å². The summed E-state index contributed by atoms with van der Waals surface area (Å²) in [5.41, 5.74) is 2.39. The molecule has 1 heterocycles. The van der Waals surface area contributed by atoms with Gasteiger partial charge in [-0.1, -0.05) is 32.0 Å². The maximum atomic E-state index is 12.1.